The maximum absolute atomic E-state index is 13.1. The minimum absolute atomic E-state index is 0.0514. The fourth-order valence-corrected chi connectivity index (χ4v) is 2.23. The van der Waals surface area contributed by atoms with Gasteiger partial charge in [-0.2, -0.15) is 0 Å². The molecule has 0 N–H and O–H groups in total. The zero-order valence-corrected chi connectivity index (χ0v) is 12.5. The molecule has 1 heterocycles. The number of pyridine rings is 1. The average Bonchev–Trinajstić information content (AvgIpc) is 2.44. The number of carbonyl (C=O) groups excluding carboxylic acids is 1. The Bertz CT molecular complexity index is 614. The highest BCUT2D eigenvalue weighted by Gasteiger charge is 2.08. The third kappa shape index (κ3) is 3.87. The number of aromatic nitrogens is 1. The highest BCUT2D eigenvalue weighted by Crippen LogP contribution is 2.17. The van der Waals surface area contributed by atoms with Gasteiger partial charge in [0.15, 0.2) is 0 Å². The van der Waals surface area contributed by atoms with Crippen LogP contribution in [0.4, 0.5) is 4.39 Å². The monoisotopic (exact) mass is 337 g/mol. The van der Waals surface area contributed by atoms with Gasteiger partial charge in [0.25, 0.3) is 0 Å². The van der Waals surface area contributed by atoms with Gasteiger partial charge in [0, 0.05) is 25.1 Å². The summed E-state index contributed by atoms with van der Waals surface area (Å²) >= 11 is 3.11. The van der Waals surface area contributed by atoms with Gasteiger partial charge in [0.2, 0.25) is 5.88 Å². The number of ketones is 1. The van der Waals surface area contributed by atoms with Crippen molar-refractivity contribution in [3.05, 3.63) is 57.9 Å². The molecule has 0 saturated carbocycles. The lowest BCUT2D eigenvalue weighted by molar-refractivity contribution is -0.117. The van der Waals surface area contributed by atoms with Gasteiger partial charge in [-0.25, -0.2) is 9.37 Å². The molecule has 3 nitrogen and oxygen atoms in total. The summed E-state index contributed by atoms with van der Waals surface area (Å²) < 4.78 is 18.4. The van der Waals surface area contributed by atoms with Crippen molar-refractivity contribution in [1.82, 2.24) is 4.98 Å². The van der Waals surface area contributed by atoms with E-state index < -0.39 is 0 Å². The predicted octanol–water partition coefficient (Wildman–Crippen LogP) is 3.35. The zero-order chi connectivity index (χ0) is 14.5. The van der Waals surface area contributed by atoms with Crippen LogP contribution in [0.2, 0.25) is 0 Å². The first-order chi connectivity index (χ1) is 9.58. The van der Waals surface area contributed by atoms with Crippen LogP contribution in [0.1, 0.15) is 11.1 Å². The first-order valence-corrected chi connectivity index (χ1v) is 6.82. The van der Waals surface area contributed by atoms with Crippen molar-refractivity contribution in [2.45, 2.75) is 12.8 Å². The fourth-order valence-electron chi connectivity index (χ4n) is 1.80. The van der Waals surface area contributed by atoms with Crippen LogP contribution in [0.15, 0.2) is 41.0 Å². The molecule has 1 aromatic carbocycles. The maximum atomic E-state index is 13.1. The number of hydrogen-bond acceptors (Lipinski definition) is 3. The van der Waals surface area contributed by atoms with Crippen LogP contribution in [0.5, 0.6) is 5.88 Å². The largest absolute Gasteiger partial charge is 0.481 e. The molecule has 0 radical (unpaired) electrons. The van der Waals surface area contributed by atoms with Crippen molar-refractivity contribution in [3.8, 4) is 5.88 Å². The molecule has 0 unspecified atom stereocenters. The van der Waals surface area contributed by atoms with E-state index in [9.17, 15) is 9.18 Å². The summed E-state index contributed by atoms with van der Waals surface area (Å²) in [6.07, 6.45) is 2.19. The molecule has 0 aliphatic rings. The number of ether oxygens (including phenoxy) is 1. The van der Waals surface area contributed by atoms with E-state index in [0.29, 0.717) is 16.8 Å². The van der Waals surface area contributed by atoms with Crippen LogP contribution in [0.25, 0.3) is 0 Å². The van der Waals surface area contributed by atoms with Crippen molar-refractivity contribution in [1.29, 1.82) is 0 Å². The fraction of sp³-hybridized carbons (Fsp3) is 0.200. The maximum Gasteiger partial charge on any atom is 0.212 e. The van der Waals surface area contributed by atoms with Crippen LogP contribution in [-0.2, 0) is 17.6 Å². The number of methoxy groups -OCH3 is 1. The Hall–Kier alpha value is -1.75. The molecule has 0 aliphatic carbocycles. The molecule has 104 valence electrons. The molecule has 0 fully saturated rings. The molecular formula is C15H13BrFNO2. The molecule has 2 rings (SSSR count). The van der Waals surface area contributed by atoms with E-state index in [0.717, 1.165) is 11.1 Å². The van der Waals surface area contributed by atoms with E-state index in [2.05, 4.69) is 20.9 Å². The highest BCUT2D eigenvalue weighted by atomic mass is 79.9. The number of Topliss-reactive ketones (excluding diaryl/α,β-unsaturated/α-hetero) is 1. The van der Waals surface area contributed by atoms with Crippen LogP contribution in [0.3, 0.4) is 0 Å². The second-order valence-corrected chi connectivity index (χ2v) is 5.20. The standard InChI is InChI=1S/C15H13BrFNO2/c1-20-15-5-3-11(9-18-15)7-12(19)6-10-2-4-14(17)13(16)8-10/h2-5,8-9H,6-7H2,1H3. The second kappa shape index (κ2) is 6.61. The summed E-state index contributed by atoms with van der Waals surface area (Å²) in [5, 5.41) is 0. The first-order valence-electron chi connectivity index (χ1n) is 6.03. The van der Waals surface area contributed by atoms with E-state index in [1.807, 2.05) is 6.07 Å². The number of carbonyl (C=O) groups is 1. The second-order valence-electron chi connectivity index (χ2n) is 4.35. The van der Waals surface area contributed by atoms with Crippen LogP contribution >= 0.6 is 15.9 Å². The Balaban J connectivity index is 1.99. The van der Waals surface area contributed by atoms with Crippen molar-refractivity contribution in [2.24, 2.45) is 0 Å². The van der Waals surface area contributed by atoms with E-state index in [1.54, 1.807) is 31.5 Å². The molecular weight excluding hydrogens is 325 g/mol. The van der Waals surface area contributed by atoms with Gasteiger partial charge in [-0.1, -0.05) is 12.1 Å². The van der Waals surface area contributed by atoms with Crippen molar-refractivity contribution in [2.75, 3.05) is 7.11 Å². The molecule has 0 spiro atoms. The zero-order valence-electron chi connectivity index (χ0n) is 10.9. The van der Waals surface area contributed by atoms with E-state index in [4.69, 9.17) is 4.74 Å². The number of halogens is 2. The Kier molecular flexibility index (Phi) is 4.84. The lowest BCUT2D eigenvalue weighted by Gasteiger charge is -2.04. The van der Waals surface area contributed by atoms with Crippen LogP contribution in [0, 0.1) is 5.82 Å². The topological polar surface area (TPSA) is 39.2 Å². The number of benzene rings is 1. The number of hydrogen-bond donors (Lipinski definition) is 0. The molecule has 20 heavy (non-hydrogen) atoms. The van der Waals surface area contributed by atoms with E-state index in [1.165, 1.54) is 6.07 Å². The summed E-state index contributed by atoms with van der Waals surface area (Å²) in [7, 11) is 1.54. The Morgan fingerprint density at radius 3 is 2.55 bits per heavy atom. The number of nitrogens with zero attached hydrogens (tertiary/aromatic N) is 1. The van der Waals surface area contributed by atoms with Gasteiger partial charge in [0.1, 0.15) is 11.6 Å². The van der Waals surface area contributed by atoms with Gasteiger partial charge >= 0.3 is 0 Å². The predicted molar refractivity (Wildman–Crippen MR) is 77.3 cm³/mol. The summed E-state index contributed by atoms with van der Waals surface area (Å²) in [4.78, 5) is 16.0. The SMILES string of the molecule is COc1ccc(CC(=O)Cc2ccc(F)c(Br)c2)cn1. The minimum atomic E-state index is -0.333. The summed E-state index contributed by atoms with van der Waals surface area (Å²) in [5.74, 6) is 0.236. The van der Waals surface area contributed by atoms with Gasteiger partial charge < -0.3 is 4.74 Å². The van der Waals surface area contributed by atoms with E-state index >= 15 is 0 Å². The Labute approximate surface area is 124 Å². The Morgan fingerprint density at radius 1 is 1.25 bits per heavy atom. The van der Waals surface area contributed by atoms with Gasteiger partial charge in [-0.3, -0.25) is 4.79 Å². The van der Waals surface area contributed by atoms with Gasteiger partial charge in [0.05, 0.1) is 11.6 Å². The smallest absolute Gasteiger partial charge is 0.212 e. The highest BCUT2D eigenvalue weighted by molar-refractivity contribution is 9.10. The average molecular weight is 338 g/mol. The summed E-state index contributed by atoms with van der Waals surface area (Å²) in [6, 6.07) is 8.12. The first kappa shape index (κ1) is 14.7. The third-order valence-electron chi connectivity index (χ3n) is 2.79. The van der Waals surface area contributed by atoms with Crippen LogP contribution < -0.4 is 4.74 Å². The molecule has 1 aromatic heterocycles. The van der Waals surface area contributed by atoms with Gasteiger partial charge in [-0.05, 0) is 39.2 Å². The van der Waals surface area contributed by atoms with Crippen molar-refractivity contribution < 1.29 is 13.9 Å². The molecule has 2 aromatic rings. The summed E-state index contributed by atoms with van der Waals surface area (Å²) in [5.41, 5.74) is 1.61. The van der Waals surface area contributed by atoms with Crippen LogP contribution in [-0.4, -0.2) is 17.9 Å². The molecule has 5 heteroatoms. The normalized spacial score (nSPS) is 10.3. The molecule has 0 aliphatic heterocycles. The number of rotatable bonds is 5. The molecule has 0 amide bonds. The summed E-state index contributed by atoms with van der Waals surface area (Å²) in [6.45, 7) is 0. The minimum Gasteiger partial charge on any atom is -0.481 e. The van der Waals surface area contributed by atoms with Crippen molar-refractivity contribution >= 4 is 21.7 Å². The third-order valence-corrected chi connectivity index (χ3v) is 3.40. The molecule has 0 atom stereocenters. The molecule has 0 bridgehead atoms. The van der Waals surface area contributed by atoms with Gasteiger partial charge in [-0.15, -0.1) is 0 Å². The lowest BCUT2D eigenvalue weighted by Crippen LogP contribution is -2.07. The Morgan fingerprint density at radius 2 is 1.95 bits per heavy atom. The van der Waals surface area contributed by atoms with E-state index in [-0.39, 0.29) is 18.0 Å². The van der Waals surface area contributed by atoms with Crippen molar-refractivity contribution in [3.63, 3.8) is 0 Å². The lowest BCUT2D eigenvalue weighted by atomic mass is 10.0. The molecule has 0 saturated heterocycles. The quantitative estimate of drug-likeness (QED) is 0.839.